The number of fused-ring (bicyclic) bond motifs is 4. The van der Waals surface area contributed by atoms with Crippen molar-refractivity contribution in [1.82, 2.24) is 9.97 Å². The first kappa shape index (κ1) is 28.9. The SMILES string of the molecule is [2H]C(C)(C)c1cc(-c2[c-]cccc2)ncc1[Si](C)(C)C.[2H]c1nc(-c2[c-]ccc3c2oc2cc4ccccc4cc23)cc(C([2H])(CC)CC)c1C([2H])([2H])[2H].[Ir]. The Morgan fingerprint density at radius 1 is 0.837 bits per heavy atom. The molecule has 3 nitrogen and oxygen atoms in total. The minimum Gasteiger partial charge on any atom is -0.501 e. The molecule has 5 heteroatoms. The molecule has 0 saturated carbocycles. The van der Waals surface area contributed by atoms with Crippen molar-refractivity contribution in [1.29, 1.82) is 0 Å². The van der Waals surface area contributed by atoms with E-state index in [1.807, 2.05) is 88.5 Å². The number of furan rings is 1. The monoisotopic (exact) mass is 845 g/mol. The summed E-state index contributed by atoms with van der Waals surface area (Å²) in [6, 6.07) is 33.9. The molecule has 0 amide bonds. The standard InChI is InChI=1S/C27H24NO.C17H22NSi.Ir/c1-4-18(5-2)23-15-25(28-16-17(23)3)22-12-8-11-21-24-13-19-9-6-7-10-20(19)14-26(24)29-27(21)22;1-13(2)15-11-16(14-9-7-6-8-10-14)18-12-17(15)19(3,4)5;/h6-11,13-16,18H,4-5H2,1-3H3;6-9,11-13H,1-5H3;/q2*-1;/i3D3,16D,18D;13D;. The summed E-state index contributed by atoms with van der Waals surface area (Å²) in [5.41, 5.74) is 5.41. The number of aromatic nitrogens is 2. The fraction of sp³-hybridized carbons (Fsp3) is 0.273. The van der Waals surface area contributed by atoms with Crippen molar-refractivity contribution in [3.63, 3.8) is 0 Å². The van der Waals surface area contributed by atoms with Crippen LogP contribution in [-0.2, 0) is 20.1 Å². The van der Waals surface area contributed by atoms with Gasteiger partial charge in [-0.15, -0.1) is 54.1 Å². The van der Waals surface area contributed by atoms with Crippen molar-refractivity contribution >= 4 is 46.0 Å². The van der Waals surface area contributed by atoms with E-state index in [-0.39, 0.29) is 31.8 Å². The van der Waals surface area contributed by atoms with Crippen molar-refractivity contribution in [2.24, 2.45) is 0 Å². The van der Waals surface area contributed by atoms with Gasteiger partial charge in [0.25, 0.3) is 0 Å². The van der Waals surface area contributed by atoms with Crippen molar-refractivity contribution in [3.05, 3.63) is 126 Å². The predicted molar refractivity (Wildman–Crippen MR) is 207 cm³/mol. The molecular formula is C44H46IrN2OSi-2. The van der Waals surface area contributed by atoms with Crippen molar-refractivity contribution in [3.8, 4) is 22.5 Å². The van der Waals surface area contributed by atoms with E-state index in [0.29, 0.717) is 35.2 Å². The number of pyridine rings is 2. The van der Waals surface area contributed by atoms with Gasteiger partial charge in [0.1, 0.15) is 5.58 Å². The molecule has 0 N–H and O–H groups in total. The topological polar surface area (TPSA) is 38.9 Å². The Kier molecular flexibility index (Phi) is 9.04. The molecule has 7 aromatic rings. The van der Waals surface area contributed by atoms with Crippen LogP contribution < -0.4 is 5.19 Å². The van der Waals surface area contributed by atoms with E-state index in [1.54, 1.807) is 12.1 Å². The van der Waals surface area contributed by atoms with E-state index in [2.05, 4.69) is 59.9 Å². The molecule has 0 fully saturated rings. The van der Waals surface area contributed by atoms with Gasteiger partial charge in [-0.05, 0) is 82.1 Å². The van der Waals surface area contributed by atoms with Crippen LogP contribution in [0.3, 0.4) is 0 Å². The molecule has 0 saturated heterocycles. The molecule has 0 aliphatic heterocycles. The second kappa shape index (κ2) is 15.3. The van der Waals surface area contributed by atoms with Gasteiger partial charge in [-0.3, -0.25) is 0 Å². The van der Waals surface area contributed by atoms with Gasteiger partial charge in [-0.1, -0.05) is 100 Å². The summed E-state index contributed by atoms with van der Waals surface area (Å²) in [7, 11) is -1.50. The van der Waals surface area contributed by atoms with Gasteiger partial charge in [0.2, 0.25) is 0 Å². The van der Waals surface area contributed by atoms with Crippen LogP contribution in [0.1, 0.15) is 77.2 Å². The molecule has 253 valence electrons. The molecule has 49 heavy (non-hydrogen) atoms. The summed E-state index contributed by atoms with van der Waals surface area (Å²) in [5.74, 6) is -1.75. The average Bonchev–Trinajstić information content (AvgIpc) is 3.49. The van der Waals surface area contributed by atoms with E-state index < -0.39 is 26.7 Å². The maximum absolute atomic E-state index is 8.97. The molecule has 3 heterocycles. The quantitative estimate of drug-likeness (QED) is 0.119. The number of benzene rings is 4. The maximum atomic E-state index is 8.97. The van der Waals surface area contributed by atoms with Crippen molar-refractivity contribution < 1.29 is 32.7 Å². The molecule has 4 aromatic carbocycles. The predicted octanol–water partition coefficient (Wildman–Crippen LogP) is 12.0. The molecule has 0 unspecified atom stereocenters. The number of hydrogen-bond donors (Lipinski definition) is 0. The number of rotatable bonds is 7. The number of nitrogens with zero attached hydrogens (tertiary/aromatic N) is 2. The van der Waals surface area contributed by atoms with Crippen LogP contribution in [-0.4, -0.2) is 18.0 Å². The zero-order chi connectivity index (χ0) is 39.2. The van der Waals surface area contributed by atoms with Crippen LogP contribution in [0.4, 0.5) is 0 Å². The van der Waals surface area contributed by atoms with E-state index in [9.17, 15) is 0 Å². The molecule has 1 radical (unpaired) electrons. The summed E-state index contributed by atoms with van der Waals surface area (Å²) in [6.45, 7) is 12.0. The van der Waals surface area contributed by atoms with Crippen LogP contribution in [0.5, 0.6) is 0 Å². The van der Waals surface area contributed by atoms with Gasteiger partial charge in [-0.2, -0.15) is 0 Å². The van der Waals surface area contributed by atoms with Gasteiger partial charge in [0.05, 0.1) is 15.0 Å². The van der Waals surface area contributed by atoms with Crippen LogP contribution in [0.25, 0.3) is 55.2 Å². The van der Waals surface area contributed by atoms with Crippen LogP contribution in [0.2, 0.25) is 19.6 Å². The minimum absolute atomic E-state index is 0. The summed E-state index contributed by atoms with van der Waals surface area (Å²) in [6.07, 6.45) is 2.48. The second-order valence-corrected chi connectivity index (χ2v) is 18.4. The van der Waals surface area contributed by atoms with E-state index in [1.165, 1.54) is 5.19 Å². The summed E-state index contributed by atoms with van der Waals surface area (Å²) >= 11 is 0. The third-order valence-corrected chi connectivity index (χ3v) is 10.9. The Hall–Kier alpha value is -3.89. The Morgan fingerprint density at radius 3 is 2.20 bits per heavy atom. The van der Waals surface area contributed by atoms with Crippen LogP contribution in [0.15, 0.2) is 102 Å². The van der Waals surface area contributed by atoms with Gasteiger partial charge in [-0.25, -0.2) is 0 Å². The van der Waals surface area contributed by atoms with Gasteiger partial charge in [0, 0.05) is 44.7 Å². The first-order valence-electron chi connectivity index (χ1n) is 19.6. The Labute approximate surface area is 315 Å². The third kappa shape index (κ3) is 7.65. The van der Waals surface area contributed by atoms with E-state index >= 15 is 0 Å². The van der Waals surface area contributed by atoms with Gasteiger partial charge in [0.15, 0.2) is 0 Å². The molecule has 0 aliphatic carbocycles. The molecule has 0 bridgehead atoms. The van der Waals surface area contributed by atoms with Gasteiger partial charge >= 0.3 is 0 Å². The normalized spacial score (nSPS) is 14.1. The molecule has 0 aliphatic rings. The Morgan fingerprint density at radius 2 is 1.55 bits per heavy atom. The van der Waals surface area contributed by atoms with Crippen LogP contribution in [0, 0.1) is 19.0 Å². The van der Waals surface area contributed by atoms with Crippen molar-refractivity contribution in [2.45, 2.75) is 78.8 Å². The average molecular weight is 845 g/mol. The van der Waals surface area contributed by atoms with E-state index in [0.717, 1.165) is 43.9 Å². The summed E-state index contributed by atoms with van der Waals surface area (Å²) < 4.78 is 56.2. The first-order chi connectivity index (χ1) is 25.4. The number of hydrogen-bond acceptors (Lipinski definition) is 3. The molecule has 0 atom stereocenters. The molecule has 0 spiro atoms. The minimum atomic E-state index is -2.54. The fourth-order valence-corrected chi connectivity index (χ4v) is 7.82. The largest absolute Gasteiger partial charge is 0.501 e. The zero-order valence-electron chi connectivity index (χ0n) is 35.2. The Bertz CT molecular complexity index is 2460. The van der Waals surface area contributed by atoms with Gasteiger partial charge < -0.3 is 14.4 Å². The summed E-state index contributed by atoms with van der Waals surface area (Å²) in [4.78, 5) is 8.97. The summed E-state index contributed by atoms with van der Waals surface area (Å²) in [5, 5.41) is 5.31. The van der Waals surface area contributed by atoms with Crippen LogP contribution >= 0.6 is 0 Å². The Balaban J connectivity index is 0.000000237. The third-order valence-electron chi connectivity index (χ3n) is 8.86. The molecule has 7 rings (SSSR count). The van der Waals surface area contributed by atoms with E-state index in [4.69, 9.17) is 12.6 Å². The smallest absolute Gasteiger partial charge is 0.121 e. The molecular weight excluding hydrogens is 793 g/mol. The maximum Gasteiger partial charge on any atom is 0.121 e. The second-order valence-electron chi connectivity index (χ2n) is 13.4. The fourth-order valence-electron chi connectivity index (χ4n) is 6.24. The zero-order valence-corrected chi connectivity index (χ0v) is 32.6. The molecule has 3 aromatic heterocycles. The first-order valence-corrected chi connectivity index (χ1v) is 20.1. The van der Waals surface area contributed by atoms with Crippen molar-refractivity contribution in [2.75, 3.05) is 0 Å².